The van der Waals surface area contributed by atoms with Gasteiger partial charge in [0.15, 0.2) is 99.4 Å². The molecule has 8 aromatic carbocycles. The number of hydrogen-bond donors (Lipinski definition) is 6. The van der Waals surface area contributed by atoms with Crippen LogP contribution < -0.4 is 78.4 Å². The van der Waals surface area contributed by atoms with Gasteiger partial charge in [0.2, 0.25) is 28.5 Å². The van der Waals surface area contributed by atoms with Crippen molar-refractivity contribution in [3.63, 3.8) is 0 Å². The van der Waals surface area contributed by atoms with Crippen LogP contribution in [0.25, 0.3) is 56.6 Å². The second kappa shape index (κ2) is 60.7. The summed E-state index contributed by atoms with van der Waals surface area (Å²) in [5, 5.41) is 26.8. The molecule has 0 aliphatic carbocycles. The van der Waals surface area contributed by atoms with Crippen LogP contribution in [0.3, 0.4) is 0 Å². The molecule has 1 aliphatic rings. The Morgan fingerprint density at radius 1 is 0.618 bits per heavy atom. The van der Waals surface area contributed by atoms with E-state index in [4.69, 9.17) is 64.2 Å². The van der Waals surface area contributed by atoms with Gasteiger partial charge in [0.1, 0.15) is 17.0 Å². The Morgan fingerprint density at radius 2 is 1.06 bits per heavy atom. The van der Waals surface area contributed by atoms with Crippen molar-refractivity contribution in [1.29, 1.82) is 5.26 Å². The number of carbonyl (C=O) groups is 3. The summed E-state index contributed by atoms with van der Waals surface area (Å²) in [4.78, 5) is 100. The van der Waals surface area contributed by atoms with Crippen LogP contribution in [0.5, 0.6) is 0 Å². The summed E-state index contributed by atoms with van der Waals surface area (Å²) in [6.07, 6.45) is 15.8. The van der Waals surface area contributed by atoms with Crippen molar-refractivity contribution < 1.29 is 139 Å². The van der Waals surface area contributed by atoms with E-state index in [1.54, 1.807) is 30.7 Å². The topological polar surface area (TPSA) is 382 Å². The minimum Gasteiger partial charge on any atom is -1.00 e. The number of aliphatic hydroxyl groups is 1. The summed E-state index contributed by atoms with van der Waals surface area (Å²) in [5.41, 5.74) is 10.6. The van der Waals surface area contributed by atoms with E-state index in [1.807, 2.05) is 89.8 Å². The molecule has 17 rings (SSSR count). The average Bonchev–Trinajstić information content (AvgIpc) is 1.67. The monoisotopic (exact) mass is 2070 g/mol. The smallest absolute Gasteiger partial charge is 1.00 e. The molecule has 1 unspecified atom stereocenters. The standard InChI is InChI=1S/C19H16F2N2O.C19H13F2N2O.C12H8F2N2O2.C12H6F2N2O.C7H7Br.C7H3ClF2O.C5H4N2O3.C5H6N2O.C3H4Cl2O2.C2H3N.CH4O.CH4.B.BrH.Na.H/c2*20-15-7-6-14(10-16(15)21)19-22-17-12-23(9-8-18(17)24-19)11-13-4-2-1-3-5-13;13-8-2-1-7(5-9(8)14)12(18)16-10-6-15-4-3-11(10)17;13-8-2-1-7(5-9(8)14)12-16-10-6-15-4-3-11(10)17-12;8-6-7-4-2-1-3-5-7;8-7(11)4-1-2-5(9)6(10)3-4;8-5-1-2-6-3-4(5)7(9)10;6-4-3-7-2-1-5(4)8;1-2(4)7-3(5)6;1-2-3;1-2;;;;;/h1-7,10H,8-9,11-12H2;1-10,12H,11H2;1-6H,(H,15,17)(H,16,18);1-6H;1-5H,6H2;1-3H;1-3H,(H,6,8);1-3H,6H2,(H,7,8);2H,1H3;1H3;2H,1H3;1H4;;1H;;/q;+1;;;;;;;;;;;;;+1;-1/p-1. The molecule has 0 spiro atoms. The summed E-state index contributed by atoms with van der Waals surface area (Å²) in [5.74, 6) is -8.63. The second-order valence-corrected chi connectivity index (χ2v) is 28.0. The maximum atomic E-state index is 13.4. The van der Waals surface area contributed by atoms with E-state index in [9.17, 15) is 82.8 Å². The maximum Gasteiger partial charge on any atom is 1.00 e. The third-order valence-corrected chi connectivity index (χ3v) is 17.9. The molecule has 8 aromatic heterocycles. The van der Waals surface area contributed by atoms with Gasteiger partial charge < -0.3 is 67.5 Å². The molecule has 7 N–H and O–H groups in total. The van der Waals surface area contributed by atoms with Crippen LogP contribution in [-0.2, 0) is 36.1 Å². The SMILES string of the molecule is BrCc1ccccc1.C.CC#N.CC(Cl)OC(=O)Cl.CO.Fc1ccc(-c2nc3c(o2)CCN(Cc2ccccc2)C3)cc1F.Fc1ccc(-c2nc3c[n+](Cc4ccccc4)ccc3o2)cc1F.Fc1ccc(-c2nc3cnccc3o2)cc1F.Nc1c[nH]ccc1=O.O=C(Cl)c1ccc(F)c(F)c1.O=C(Nc1c[nH]ccc1=O)c1ccc(F)c(F)c1.O=c1cc[nH]cc1[N+](=O)[O-].[B].[Br-].[H-].[Na+]. The van der Waals surface area contributed by atoms with E-state index in [0.717, 1.165) is 128 Å². The first-order chi connectivity index (χ1) is 63.3. The number of fused-ring (bicyclic) bond motifs is 3. The van der Waals surface area contributed by atoms with Crippen LogP contribution >= 0.6 is 50.7 Å². The number of carbonyl (C=O) groups excluding carboxylic acids is 3. The van der Waals surface area contributed by atoms with Crippen LogP contribution in [0.15, 0.2) is 302 Å². The number of nitro groups is 1. The minimum atomic E-state index is -1.12. The number of H-pyrrole nitrogens is 3. The van der Waals surface area contributed by atoms with E-state index in [2.05, 4.69) is 90.0 Å². The number of nitrogen functional groups attached to an aromatic ring is 1. The van der Waals surface area contributed by atoms with E-state index >= 15 is 0 Å². The predicted octanol–water partition coefficient (Wildman–Crippen LogP) is 15.0. The van der Waals surface area contributed by atoms with E-state index in [1.165, 1.54) is 85.7 Å². The maximum absolute atomic E-state index is 13.4. The molecule has 136 heavy (non-hydrogen) atoms. The van der Waals surface area contributed by atoms with Crippen molar-refractivity contribution in [3.8, 4) is 40.4 Å². The van der Waals surface area contributed by atoms with E-state index in [0.29, 0.717) is 57.9 Å². The summed E-state index contributed by atoms with van der Waals surface area (Å²) in [7, 11) is 1.00. The zero-order chi connectivity index (χ0) is 96.3. The number of oxazole rings is 3. The molecular weight excluding hydrogens is 2000 g/mol. The van der Waals surface area contributed by atoms with Gasteiger partial charge in [-0.25, -0.2) is 63.7 Å². The Labute approximate surface area is 828 Å². The number of halogens is 15. The number of benzene rings is 8. The number of nitriles is 1. The summed E-state index contributed by atoms with van der Waals surface area (Å²) >= 11 is 18.2. The molecule has 0 bridgehead atoms. The molecule has 0 fully saturated rings. The van der Waals surface area contributed by atoms with Gasteiger partial charge in [0, 0.05) is 166 Å². The van der Waals surface area contributed by atoms with Crippen molar-refractivity contribution in [2.24, 2.45) is 0 Å². The third kappa shape index (κ3) is 38.5. The molecule has 1 atom stereocenters. The van der Waals surface area contributed by atoms with Crippen LogP contribution in [0, 0.1) is 79.6 Å². The fourth-order valence-corrected chi connectivity index (χ4v) is 11.5. The van der Waals surface area contributed by atoms with Crippen LogP contribution in [0.1, 0.15) is 71.6 Å². The molecule has 0 saturated heterocycles. The number of ether oxygens (including phenoxy) is 1. The molecule has 9 heterocycles. The average molecular weight is 2080 g/mol. The van der Waals surface area contributed by atoms with Crippen molar-refractivity contribution in [2.45, 2.75) is 58.2 Å². The van der Waals surface area contributed by atoms with Crippen LogP contribution in [-0.4, -0.2) is 94.0 Å². The zero-order valence-electron chi connectivity index (χ0n) is 72.0. The number of anilines is 2. The number of nitrogens with zero attached hydrogens (tertiary/aromatic N) is 8. The van der Waals surface area contributed by atoms with Gasteiger partial charge in [-0.05, 0) is 121 Å². The Kier molecular flexibility index (Phi) is 52.0. The molecule has 0 saturated carbocycles. The largest absolute Gasteiger partial charge is 1.00 e. The number of aromatic amines is 3. The fraction of sp³-hybridized carbons (Fsp3) is 0.118. The number of rotatable bonds is 13. The van der Waals surface area contributed by atoms with Gasteiger partial charge in [-0.3, -0.25) is 44.0 Å². The molecular formula is C93H79BBr2Cl3F10N13NaO13. The van der Waals surface area contributed by atoms with Crippen LogP contribution in [0.2, 0.25) is 0 Å². The molecule has 703 valence electrons. The van der Waals surface area contributed by atoms with Crippen molar-refractivity contribution in [2.75, 3.05) is 24.7 Å². The van der Waals surface area contributed by atoms with Gasteiger partial charge in [-0.1, -0.05) is 126 Å². The number of pyridine rings is 5. The molecule has 3 radical (unpaired) electrons. The molecule has 1 aliphatic heterocycles. The van der Waals surface area contributed by atoms with E-state index in [-0.39, 0.29) is 109 Å². The second-order valence-electron chi connectivity index (χ2n) is 26.2. The molecule has 16 aromatic rings. The van der Waals surface area contributed by atoms with E-state index < -0.39 is 96.4 Å². The number of amides is 1. The molecule has 26 nitrogen and oxygen atoms in total. The van der Waals surface area contributed by atoms with Gasteiger partial charge in [0.05, 0.1) is 34.8 Å². The first-order valence-corrected chi connectivity index (χ1v) is 40.4. The van der Waals surface area contributed by atoms with Gasteiger partial charge in [0.25, 0.3) is 16.6 Å². The first kappa shape index (κ1) is 117. The number of nitrogens with one attached hydrogen (secondary N) is 4. The quantitative estimate of drug-likeness (QED) is 0.0119. The van der Waals surface area contributed by atoms with Crippen molar-refractivity contribution >= 4 is 115 Å². The van der Waals surface area contributed by atoms with Crippen molar-refractivity contribution in [3.05, 3.63) is 413 Å². The van der Waals surface area contributed by atoms with Crippen molar-refractivity contribution in [1.82, 2.24) is 39.8 Å². The first-order valence-electron chi connectivity index (χ1n) is 38.1. The van der Waals surface area contributed by atoms with Crippen LogP contribution in [0.4, 0.5) is 65.8 Å². The van der Waals surface area contributed by atoms with Gasteiger partial charge >= 0.3 is 40.7 Å². The Balaban J connectivity index is 0.000000531. The number of aliphatic hydroxyl groups excluding tert-OH is 1. The Bertz CT molecular complexity index is 6720. The number of alkyl halides is 2. The van der Waals surface area contributed by atoms with Gasteiger partial charge in [-0.15, -0.1) is 0 Å². The number of aromatic nitrogens is 8. The summed E-state index contributed by atoms with van der Waals surface area (Å²) in [6, 6.07) is 55.8. The van der Waals surface area contributed by atoms with Gasteiger partial charge in [-0.2, -0.15) is 9.83 Å². The molecule has 1 amide bonds. The summed E-state index contributed by atoms with van der Waals surface area (Å²) < 4.78 is 152. The Morgan fingerprint density at radius 3 is 1.48 bits per heavy atom. The minimum absolute atomic E-state index is 0. The zero-order valence-corrected chi connectivity index (χ0v) is 78.5. The Hall–Kier alpha value is -13.5. The number of nitrogens with two attached hydrogens (primary N) is 1. The fourth-order valence-electron chi connectivity index (χ4n) is 10.7. The third-order valence-electron chi connectivity index (χ3n) is 16.8. The summed E-state index contributed by atoms with van der Waals surface area (Å²) in [6.45, 7) is 6.07. The predicted molar refractivity (Wildman–Crippen MR) is 491 cm³/mol. The number of hydrogen-bond acceptors (Lipinski definition) is 20. The molecule has 43 heteroatoms. The normalized spacial score (nSPS) is 10.5.